The summed E-state index contributed by atoms with van der Waals surface area (Å²) in [4.78, 5) is 162. The number of carbonyl (C=O) groups is 12. The van der Waals surface area contributed by atoms with Crippen molar-refractivity contribution >= 4 is 147 Å². The highest BCUT2D eigenvalue weighted by Crippen LogP contribution is 2.34. The van der Waals surface area contributed by atoms with Crippen LogP contribution >= 0.6 is 46.4 Å². The molecule has 0 aliphatic carbocycles. The fourth-order valence-electron chi connectivity index (χ4n) is 10.3. The Labute approximate surface area is 682 Å². The highest BCUT2D eigenvalue weighted by molar-refractivity contribution is 6.41. The van der Waals surface area contributed by atoms with Gasteiger partial charge in [0.1, 0.15) is 34.5 Å². The van der Waals surface area contributed by atoms with Gasteiger partial charge in [-0.25, -0.2) is 28.7 Å². The number of ketones is 2. The van der Waals surface area contributed by atoms with Gasteiger partial charge in [0, 0.05) is 91.7 Å². The maximum absolute atomic E-state index is 13.2. The lowest BCUT2D eigenvalue weighted by Gasteiger charge is -2.29. The molecule has 0 radical (unpaired) electrons. The zero-order valence-electron chi connectivity index (χ0n) is 65.6. The van der Waals surface area contributed by atoms with E-state index in [-0.39, 0.29) is 113 Å². The number of aromatic nitrogens is 2. The average Bonchev–Trinajstić information content (AvgIpc) is 0.872. The van der Waals surface area contributed by atoms with Gasteiger partial charge < -0.3 is 74.7 Å². The molecule has 0 spiro atoms. The number of anilines is 3. The summed E-state index contributed by atoms with van der Waals surface area (Å²) in [5.74, 6) is -5.39. The molecule has 7 N–H and O–H groups in total. The minimum Gasteiger partial charge on any atom is -0.467 e. The summed E-state index contributed by atoms with van der Waals surface area (Å²) in [5, 5.41) is 16.9. The number of nitrogen functional groups attached to an aromatic ring is 1. The summed E-state index contributed by atoms with van der Waals surface area (Å²) in [6.45, 7) is 24.8. The second-order valence-corrected chi connectivity index (χ2v) is 30.9. The number of amides is 7. The molecule has 0 bridgehead atoms. The first-order valence-corrected chi connectivity index (χ1v) is 37.2. The minimum absolute atomic E-state index is 0. The Morgan fingerprint density at radius 2 is 0.947 bits per heavy atom. The molecule has 1 aromatic heterocycles. The molecule has 4 aromatic carbocycles. The molecule has 5 aromatic rings. The number of hydrogen-bond acceptors (Lipinski definition) is 24. The van der Waals surface area contributed by atoms with Crippen LogP contribution in [0.5, 0.6) is 0 Å². The van der Waals surface area contributed by atoms with Gasteiger partial charge in [0.05, 0.1) is 91.4 Å². The molecule has 7 amide bonds. The fraction of sp³-hybridized carbons (Fsp3) is 0.474. The lowest BCUT2D eigenvalue weighted by Crippen LogP contribution is -2.42. The monoisotopic (exact) mass is 1670 g/mol. The number of morpholine rings is 2. The number of nitrogens with one attached hydrogen (secondary N) is 5. The number of benzene rings is 4. The Bertz CT molecular complexity index is 4220. The maximum atomic E-state index is 13.2. The van der Waals surface area contributed by atoms with E-state index < -0.39 is 100 Å². The van der Waals surface area contributed by atoms with Crippen molar-refractivity contribution in [3.8, 4) is 0 Å². The lowest BCUT2D eigenvalue weighted by atomic mass is 10.0. The predicted molar refractivity (Wildman–Crippen MR) is 431 cm³/mol. The number of hydrogen-bond donors (Lipinski definition) is 6. The molecule has 0 unspecified atom stereocenters. The molecule has 3 heterocycles. The standard InChI is InChI=1S/C38H48Cl2N4O10.C25H28Cl2N4O6.C14H22N4O4.CH4/c1-37(2,3)53-31(46)19-25(42-36(50)54-38(4,5)6)18-23-9-8-10-24(17-23)33(47)41-22-27(45)11-12-30(35(49)51-7)43-34(48)32-28(39)20-26(21-29(32)40)44-13-15-52-16-14-44;1-36-25(35)21(6-5-18(32)14-29-23(33)15-3-2-4-16(28)11-15)30-24(34)22-19(26)12-17(13-20(22)27)31-7-9-37-10-8-31;1-13(2,3)21-11(19)16-10(18-9-7-8-15-18)17-12(20)22-14(4,5)6;/h8-10,17,20-21,30H,11-16,18-19,22H2,1-7H3,(H,41,47)(H,43,48);2-4,11-13,21H,5-10,14,28H2,1H3,(H,29,33)(H,30,34);7-9H,1-6H3,(H,16,17,19,20);1H4/t30-;21-;;/m00../s1. The number of nitrogens with zero attached hydrogens (tertiary/aromatic N) is 6. The molecule has 2 aliphatic rings. The molecule has 0 saturated carbocycles. The Balaban J connectivity index is 0.000000393. The zero-order valence-corrected chi connectivity index (χ0v) is 68.6. The van der Waals surface area contributed by atoms with Gasteiger partial charge >= 0.3 is 36.2 Å². The highest BCUT2D eigenvalue weighted by atomic mass is 35.5. The molecule has 622 valence electrons. The topological polar surface area (TPSA) is 414 Å². The van der Waals surface area contributed by atoms with Gasteiger partial charge in [0.2, 0.25) is 5.96 Å². The van der Waals surface area contributed by atoms with E-state index in [2.05, 4.69) is 41.7 Å². The second kappa shape index (κ2) is 45.0. The zero-order chi connectivity index (χ0) is 84.1. The van der Waals surface area contributed by atoms with Crippen LogP contribution in [0.15, 0.2) is 101 Å². The lowest BCUT2D eigenvalue weighted by molar-refractivity contribution is -0.153. The maximum Gasteiger partial charge on any atom is 0.437 e. The van der Waals surface area contributed by atoms with Crippen molar-refractivity contribution in [1.29, 1.82) is 0 Å². The number of carbonyl (C=O) groups excluding carboxylic acids is 12. The fourth-order valence-corrected chi connectivity index (χ4v) is 11.6. The molecular formula is C78H102Cl4N12O20. The summed E-state index contributed by atoms with van der Waals surface area (Å²) in [6, 6.07) is 18.5. The SMILES string of the molecule is C.CC(C)(C)OC(=O)N=C(NC(=O)OC(C)(C)C)n1cccn1.COC(=O)[C@H](CCC(=O)CNC(=O)c1cccc(CC(CC(=O)OC(C)(C)C)=NC(=O)OC(C)(C)C)c1)NC(=O)c1c(Cl)cc(N2CCOCC2)cc1Cl.COC(=O)[C@H](CCC(=O)CNC(=O)c1cccc(N)c1)NC(=O)c1c(Cl)cc(N2CCOCC2)cc1Cl. The number of halogens is 4. The van der Waals surface area contributed by atoms with Gasteiger partial charge in [0.15, 0.2) is 11.6 Å². The van der Waals surface area contributed by atoms with Crippen LogP contribution in [-0.2, 0) is 68.3 Å². The predicted octanol–water partition coefficient (Wildman–Crippen LogP) is 11.2. The normalized spacial score (nSPS) is 13.7. The first-order valence-electron chi connectivity index (χ1n) is 35.7. The van der Waals surface area contributed by atoms with E-state index in [0.29, 0.717) is 69.4 Å². The van der Waals surface area contributed by atoms with Gasteiger partial charge in [-0.05, 0) is 162 Å². The average molecular weight is 1670 g/mol. The molecule has 32 nitrogen and oxygen atoms in total. The van der Waals surface area contributed by atoms with Crippen LogP contribution in [0.2, 0.25) is 20.1 Å². The van der Waals surface area contributed by atoms with Crippen molar-refractivity contribution in [3.05, 3.63) is 139 Å². The number of aliphatic imine (C=N–C) groups is 2. The van der Waals surface area contributed by atoms with Crippen LogP contribution in [0.25, 0.3) is 0 Å². The second-order valence-electron chi connectivity index (χ2n) is 29.3. The van der Waals surface area contributed by atoms with E-state index in [1.807, 2.05) is 9.80 Å². The van der Waals surface area contributed by atoms with Crippen molar-refractivity contribution < 1.29 is 95.4 Å². The molecule has 2 fully saturated rings. The van der Waals surface area contributed by atoms with Crippen molar-refractivity contribution in [3.63, 3.8) is 0 Å². The number of esters is 3. The molecule has 36 heteroatoms. The molecule has 114 heavy (non-hydrogen) atoms. The Hall–Kier alpha value is -10.3. The van der Waals surface area contributed by atoms with E-state index in [1.54, 1.807) is 150 Å². The molecule has 2 atom stereocenters. The molecule has 2 aliphatic heterocycles. The smallest absolute Gasteiger partial charge is 0.437 e. The van der Waals surface area contributed by atoms with Crippen molar-refractivity contribution in [2.24, 2.45) is 9.98 Å². The van der Waals surface area contributed by atoms with Crippen LogP contribution < -0.4 is 42.1 Å². The number of Topliss-reactive ketones (excluding diaryl/α,β-unsaturated/α-hetero) is 2. The summed E-state index contributed by atoms with van der Waals surface area (Å²) in [5.41, 5.74) is 5.89. The van der Waals surface area contributed by atoms with Crippen molar-refractivity contribution in [2.75, 3.05) is 95.4 Å². The third kappa shape index (κ3) is 34.6. The van der Waals surface area contributed by atoms with E-state index in [1.165, 1.54) is 36.3 Å². The van der Waals surface area contributed by atoms with Gasteiger partial charge in [-0.2, -0.15) is 10.1 Å². The van der Waals surface area contributed by atoms with E-state index in [4.69, 9.17) is 90.0 Å². The molecule has 2 saturated heterocycles. The van der Waals surface area contributed by atoms with E-state index >= 15 is 0 Å². The molecular weight excluding hydrogens is 1570 g/mol. The number of alkyl carbamates (subject to hydrolysis) is 1. The van der Waals surface area contributed by atoms with Gasteiger partial charge in [-0.1, -0.05) is 72.0 Å². The minimum atomic E-state index is -1.21. The quantitative estimate of drug-likeness (QED) is 0.0110. The number of nitrogens with two attached hydrogens (primary N) is 1. The van der Waals surface area contributed by atoms with E-state index in [9.17, 15) is 57.5 Å². The van der Waals surface area contributed by atoms with Crippen LogP contribution in [0.3, 0.4) is 0 Å². The van der Waals surface area contributed by atoms with Gasteiger partial charge in [0.25, 0.3) is 23.6 Å². The Morgan fingerprint density at radius 1 is 0.535 bits per heavy atom. The van der Waals surface area contributed by atoms with E-state index in [0.717, 1.165) is 18.5 Å². The van der Waals surface area contributed by atoms with Crippen LogP contribution in [0, 0.1) is 0 Å². The van der Waals surface area contributed by atoms with Crippen molar-refractivity contribution in [2.45, 2.75) is 164 Å². The number of ether oxygens (including phenoxy) is 8. The third-order valence-corrected chi connectivity index (χ3v) is 16.4. The van der Waals surface area contributed by atoms with Crippen LogP contribution in [-0.4, -0.2) is 207 Å². The number of rotatable bonds is 24. The van der Waals surface area contributed by atoms with Gasteiger partial charge in [-0.3, -0.25) is 38.9 Å². The van der Waals surface area contributed by atoms with Crippen molar-refractivity contribution in [1.82, 2.24) is 36.4 Å². The van der Waals surface area contributed by atoms with Crippen LogP contribution in [0.1, 0.15) is 170 Å². The van der Waals surface area contributed by atoms with Gasteiger partial charge in [-0.15, -0.1) is 4.99 Å². The third-order valence-electron chi connectivity index (χ3n) is 15.2. The Morgan fingerprint density at radius 3 is 1.34 bits per heavy atom. The summed E-state index contributed by atoms with van der Waals surface area (Å²) >= 11 is 25.7. The largest absolute Gasteiger partial charge is 0.467 e. The summed E-state index contributed by atoms with van der Waals surface area (Å²) in [6.07, 6.45) is -0.145. The first kappa shape index (κ1) is 96.1. The number of methoxy groups -OCH3 is 2. The first-order chi connectivity index (χ1) is 52.9. The highest BCUT2D eigenvalue weighted by Gasteiger charge is 2.31. The summed E-state index contributed by atoms with van der Waals surface area (Å²) < 4.78 is 42.5. The molecule has 7 rings (SSSR count). The van der Waals surface area contributed by atoms with Crippen LogP contribution in [0.4, 0.5) is 31.4 Å². The Kier molecular flexibility index (Phi) is 37.9. The summed E-state index contributed by atoms with van der Waals surface area (Å²) in [7, 11) is 2.32.